The fourth-order valence-electron chi connectivity index (χ4n) is 3.75. The molecular weight excluding hydrogens is 426 g/mol. The molecule has 2 aromatic carbocycles. The van der Waals surface area contributed by atoms with E-state index in [1.165, 1.54) is 6.26 Å². The van der Waals surface area contributed by atoms with E-state index in [0.29, 0.717) is 25.3 Å². The lowest BCUT2D eigenvalue weighted by atomic mass is 10.1. The molecule has 2 heterocycles. The van der Waals surface area contributed by atoms with E-state index in [0.717, 1.165) is 51.7 Å². The van der Waals surface area contributed by atoms with E-state index in [1.807, 2.05) is 44.2 Å². The number of nitrogens with one attached hydrogen (secondary N) is 1. The number of aryl methyl sites for hydroxylation is 3. The smallest absolute Gasteiger partial charge is 0.286 e. The first-order valence-electron chi connectivity index (χ1n) is 10.7. The number of carbonyl (C=O) groups is 1. The molecule has 166 valence electrons. The molecule has 4 rings (SSSR count). The van der Waals surface area contributed by atoms with Gasteiger partial charge in [-0.15, -0.1) is 0 Å². The van der Waals surface area contributed by atoms with E-state index in [-0.39, 0.29) is 5.91 Å². The highest BCUT2D eigenvalue weighted by molar-refractivity contribution is 6.32. The molecule has 1 N–H and O–H groups in total. The summed E-state index contributed by atoms with van der Waals surface area (Å²) in [5.41, 5.74) is 4.06. The Morgan fingerprint density at radius 1 is 1.16 bits per heavy atom. The van der Waals surface area contributed by atoms with Crippen LogP contribution in [0, 0.1) is 13.8 Å². The number of amides is 1. The maximum atomic E-state index is 12.1. The number of para-hydroxylation sites is 2. The van der Waals surface area contributed by atoms with Crippen LogP contribution in [0.15, 0.2) is 59.2 Å². The van der Waals surface area contributed by atoms with Crippen LogP contribution in [0.4, 0.5) is 0 Å². The van der Waals surface area contributed by atoms with Crippen LogP contribution >= 0.6 is 11.6 Å². The molecule has 0 radical (unpaired) electrons. The Kier molecular flexibility index (Phi) is 6.81. The van der Waals surface area contributed by atoms with Gasteiger partial charge in [0.1, 0.15) is 11.6 Å². The third kappa shape index (κ3) is 4.97. The molecule has 2 aromatic heterocycles. The Labute approximate surface area is 192 Å². The highest BCUT2D eigenvalue weighted by Crippen LogP contribution is 2.26. The second-order valence-electron chi connectivity index (χ2n) is 7.72. The van der Waals surface area contributed by atoms with Crippen molar-refractivity contribution in [3.8, 4) is 5.75 Å². The zero-order valence-electron chi connectivity index (χ0n) is 18.2. The molecule has 4 aromatic rings. The number of benzene rings is 2. The van der Waals surface area contributed by atoms with Crippen LogP contribution in [0.5, 0.6) is 5.75 Å². The fraction of sp³-hybridized carbons (Fsp3) is 0.280. The van der Waals surface area contributed by atoms with Crippen molar-refractivity contribution in [1.82, 2.24) is 14.9 Å². The molecular formula is C25H26ClN3O3. The Morgan fingerprint density at radius 2 is 1.94 bits per heavy atom. The van der Waals surface area contributed by atoms with Crippen molar-refractivity contribution in [3.63, 3.8) is 0 Å². The fourth-order valence-corrected chi connectivity index (χ4v) is 3.86. The van der Waals surface area contributed by atoms with Crippen molar-refractivity contribution in [3.05, 3.63) is 82.5 Å². The van der Waals surface area contributed by atoms with Crippen LogP contribution in [0.3, 0.4) is 0 Å². The number of hydrogen-bond acceptors (Lipinski definition) is 4. The second-order valence-corrected chi connectivity index (χ2v) is 8.10. The van der Waals surface area contributed by atoms with Gasteiger partial charge < -0.3 is 19.0 Å². The van der Waals surface area contributed by atoms with Gasteiger partial charge in [0.25, 0.3) is 5.91 Å². The molecule has 0 saturated carbocycles. The SMILES string of the molecule is Cc1cc(OCCCn2c(CCNC(=O)c3ccco3)nc3ccccc32)cc(C)c1Cl. The summed E-state index contributed by atoms with van der Waals surface area (Å²) in [7, 11) is 0. The average molecular weight is 452 g/mol. The Hall–Kier alpha value is -3.25. The Bertz CT molecular complexity index is 1190. The molecule has 6 nitrogen and oxygen atoms in total. The van der Waals surface area contributed by atoms with Crippen LogP contribution < -0.4 is 10.1 Å². The van der Waals surface area contributed by atoms with Gasteiger partial charge >= 0.3 is 0 Å². The van der Waals surface area contributed by atoms with E-state index in [4.69, 9.17) is 25.7 Å². The number of halogens is 1. The van der Waals surface area contributed by atoms with Crippen LogP contribution in [0.2, 0.25) is 5.02 Å². The number of aromatic nitrogens is 2. The highest BCUT2D eigenvalue weighted by Gasteiger charge is 2.12. The van der Waals surface area contributed by atoms with Crippen molar-refractivity contribution in [2.45, 2.75) is 33.2 Å². The van der Waals surface area contributed by atoms with Crippen LogP contribution in [-0.2, 0) is 13.0 Å². The molecule has 1 amide bonds. The maximum Gasteiger partial charge on any atom is 0.286 e. The monoisotopic (exact) mass is 451 g/mol. The van der Waals surface area contributed by atoms with E-state index in [1.54, 1.807) is 12.1 Å². The molecule has 0 aliphatic carbocycles. The van der Waals surface area contributed by atoms with Crippen molar-refractivity contribution >= 4 is 28.5 Å². The minimum atomic E-state index is -0.223. The minimum Gasteiger partial charge on any atom is -0.494 e. The highest BCUT2D eigenvalue weighted by atomic mass is 35.5. The molecule has 7 heteroatoms. The summed E-state index contributed by atoms with van der Waals surface area (Å²) in [5.74, 6) is 1.85. The van der Waals surface area contributed by atoms with Gasteiger partial charge in [0.05, 0.1) is 23.9 Å². The normalized spacial score (nSPS) is 11.1. The van der Waals surface area contributed by atoms with Gasteiger partial charge in [-0.1, -0.05) is 23.7 Å². The lowest BCUT2D eigenvalue weighted by Gasteiger charge is -2.12. The number of imidazole rings is 1. The van der Waals surface area contributed by atoms with Gasteiger partial charge in [0.2, 0.25) is 0 Å². The maximum absolute atomic E-state index is 12.1. The summed E-state index contributed by atoms with van der Waals surface area (Å²) in [5, 5.41) is 3.67. The zero-order chi connectivity index (χ0) is 22.5. The van der Waals surface area contributed by atoms with Gasteiger partial charge in [0.15, 0.2) is 5.76 Å². The van der Waals surface area contributed by atoms with E-state index in [2.05, 4.69) is 16.0 Å². The van der Waals surface area contributed by atoms with Crippen molar-refractivity contribution in [2.24, 2.45) is 0 Å². The summed E-state index contributed by atoms with van der Waals surface area (Å²) in [4.78, 5) is 16.9. The van der Waals surface area contributed by atoms with Crippen molar-refractivity contribution in [1.29, 1.82) is 0 Å². The predicted molar refractivity (Wildman–Crippen MR) is 126 cm³/mol. The largest absolute Gasteiger partial charge is 0.494 e. The third-order valence-corrected chi connectivity index (χ3v) is 5.91. The van der Waals surface area contributed by atoms with Gasteiger partial charge in [-0.05, 0) is 67.8 Å². The molecule has 0 fully saturated rings. The molecule has 0 aliphatic heterocycles. The van der Waals surface area contributed by atoms with Crippen molar-refractivity contribution in [2.75, 3.05) is 13.2 Å². The standard InChI is InChI=1S/C25H26ClN3O3/c1-17-15-19(16-18(2)24(17)26)31-14-6-12-29-21-8-4-3-7-20(21)28-23(29)10-11-27-25(30)22-9-5-13-32-22/h3-5,7-9,13,15-16H,6,10-12,14H2,1-2H3,(H,27,30). The molecule has 0 unspecified atom stereocenters. The van der Waals surface area contributed by atoms with Gasteiger partial charge in [-0.3, -0.25) is 4.79 Å². The van der Waals surface area contributed by atoms with Gasteiger partial charge in [-0.25, -0.2) is 4.98 Å². The van der Waals surface area contributed by atoms with Crippen molar-refractivity contribution < 1.29 is 13.9 Å². The summed E-state index contributed by atoms with van der Waals surface area (Å²) in [6, 6.07) is 15.4. The van der Waals surface area contributed by atoms with Crippen LogP contribution in [0.25, 0.3) is 11.0 Å². The average Bonchev–Trinajstić information content (AvgIpc) is 3.43. The number of rotatable bonds is 9. The van der Waals surface area contributed by atoms with Gasteiger partial charge in [0, 0.05) is 24.5 Å². The first kappa shape index (κ1) is 22.0. The molecule has 0 spiro atoms. The summed E-state index contributed by atoms with van der Waals surface area (Å²) in [6.45, 7) is 5.80. The van der Waals surface area contributed by atoms with E-state index in [9.17, 15) is 4.79 Å². The van der Waals surface area contributed by atoms with E-state index < -0.39 is 0 Å². The number of furan rings is 1. The molecule has 0 saturated heterocycles. The number of hydrogen-bond donors (Lipinski definition) is 1. The third-order valence-electron chi connectivity index (χ3n) is 5.32. The van der Waals surface area contributed by atoms with E-state index >= 15 is 0 Å². The Morgan fingerprint density at radius 3 is 2.69 bits per heavy atom. The molecule has 0 atom stereocenters. The zero-order valence-corrected chi connectivity index (χ0v) is 19.0. The number of carbonyl (C=O) groups excluding carboxylic acids is 1. The second kappa shape index (κ2) is 9.92. The van der Waals surface area contributed by atoms with Crippen LogP contribution in [-0.4, -0.2) is 28.6 Å². The first-order valence-corrected chi connectivity index (χ1v) is 11.1. The number of ether oxygens (including phenoxy) is 1. The summed E-state index contributed by atoms with van der Waals surface area (Å²) >= 11 is 6.24. The Balaban J connectivity index is 1.38. The van der Waals surface area contributed by atoms with Crippen LogP contribution in [0.1, 0.15) is 33.9 Å². The summed E-state index contributed by atoms with van der Waals surface area (Å²) in [6.07, 6.45) is 2.94. The number of nitrogens with zero attached hydrogens (tertiary/aromatic N) is 2. The lowest BCUT2D eigenvalue weighted by Crippen LogP contribution is -2.26. The number of fused-ring (bicyclic) bond motifs is 1. The van der Waals surface area contributed by atoms with Gasteiger partial charge in [-0.2, -0.15) is 0 Å². The lowest BCUT2D eigenvalue weighted by molar-refractivity contribution is 0.0926. The predicted octanol–water partition coefficient (Wildman–Crippen LogP) is 5.34. The summed E-state index contributed by atoms with van der Waals surface area (Å²) < 4.78 is 13.3. The molecule has 0 aliphatic rings. The minimum absolute atomic E-state index is 0.223. The molecule has 0 bridgehead atoms. The quantitative estimate of drug-likeness (QED) is 0.349. The molecule has 32 heavy (non-hydrogen) atoms. The first-order chi connectivity index (χ1) is 15.5. The topological polar surface area (TPSA) is 69.3 Å².